The lowest BCUT2D eigenvalue weighted by Crippen LogP contribution is -2.14. The maximum Gasteiger partial charge on any atom is 0.339 e. The van der Waals surface area contributed by atoms with E-state index in [9.17, 15) is 9.59 Å². The number of benzene rings is 4. The fraction of sp³-hybridized carbons (Fsp3) is 0.133. The first-order valence-corrected chi connectivity index (χ1v) is 11.4. The van der Waals surface area contributed by atoms with Crippen LogP contribution in [0.2, 0.25) is 0 Å². The van der Waals surface area contributed by atoms with Gasteiger partial charge in [0.25, 0.3) is 0 Å². The first-order valence-electron chi connectivity index (χ1n) is 11.4. The molecule has 4 rings (SSSR count). The van der Waals surface area contributed by atoms with E-state index in [-0.39, 0.29) is 13.2 Å². The lowest BCUT2D eigenvalue weighted by molar-refractivity contribution is 0.0513. The van der Waals surface area contributed by atoms with Gasteiger partial charge in [-0.1, -0.05) is 91.0 Å². The Kier molecular flexibility index (Phi) is 7.19. The van der Waals surface area contributed by atoms with E-state index in [0.717, 1.165) is 16.7 Å². The van der Waals surface area contributed by atoms with Crippen molar-refractivity contribution in [3.63, 3.8) is 0 Å². The highest BCUT2D eigenvalue weighted by Gasteiger charge is 2.29. The van der Waals surface area contributed by atoms with Crippen molar-refractivity contribution < 1.29 is 19.1 Å². The topological polar surface area (TPSA) is 52.6 Å². The predicted octanol–water partition coefficient (Wildman–Crippen LogP) is 7.04. The van der Waals surface area contributed by atoms with Crippen LogP contribution in [0.25, 0.3) is 33.4 Å². The van der Waals surface area contributed by atoms with Gasteiger partial charge < -0.3 is 9.47 Å². The standard InChI is InChI=1S/C30H26O4/c1-3-33-29(31)25-20-24(21-14-8-5-9-15-21)28(30(32)34-4-2)27(23-18-12-7-13-19-23)26(25)22-16-10-6-11-17-22/h5-20H,3-4H2,1-2H3. The van der Waals surface area contributed by atoms with Crippen molar-refractivity contribution in [1.29, 1.82) is 0 Å². The molecule has 4 heteroatoms. The molecular weight excluding hydrogens is 424 g/mol. The van der Waals surface area contributed by atoms with Crippen LogP contribution in [0, 0.1) is 0 Å². The third-order valence-electron chi connectivity index (χ3n) is 5.51. The first-order chi connectivity index (χ1) is 16.7. The van der Waals surface area contributed by atoms with Crippen LogP contribution in [-0.4, -0.2) is 25.2 Å². The zero-order valence-corrected chi connectivity index (χ0v) is 19.3. The number of rotatable bonds is 7. The van der Waals surface area contributed by atoms with Crippen LogP contribution in [0.5, 0.6) is 0 Å². The summed E-state index contributed by atoms with van der Waals surface area (Å²) in [5.41, 5.74) is 5.18. The van der Waals surface area contributed by atoms with Crippen molar-refractivity contribution in [2.24, 2.45) is 0 Å². The Hall–Kier alpha value is -4.18. The van der Waals surface area contributed by atoms with E-state index in [2.05, 4.69) is 0 Å². The Morgan fingerprint density at radius 2 is 1.03 bits per heavy atom. The van der Waals surface area contributed by atoms with Crippen molar-refractivity contribution in [2.45, 2.75) is 13.8 Å². The number of carbonyl (C=O) groups is 2. The van der Waals surface area contributed by atoms with Gasteiger partial charge >= 0.3 is 11.9 Å². The quantitative estimate of drug-likeness (QED) is 0.283. The average Bonchev–Trinajstić information content (AvgIpc) is 2.89. The molecule has 0 saturated carbocycles. The molecule has 0 radical (unpaired) electrons. The Bertz CT molecular complexity index is 1280. The first kappa shape index (κ1) is 23.0. The molecule has 0 aliphatic heterocycles. The molecule has 0 spiro atoms. The molecule has 0 amide bonds. The van der Waals surface area contributed by atoms with Crippen LogP contribution < -0.4 is 0 Å². The van der Waals surface area contributed by atoms with Crippen LogP contribution in [0.1, 0.15) is 34.6 Å². The highest BCUT2D eigenvalue weighted by Crippen LogP contribution is 2.43. The summed E-state index contributed by atoms with van der Waals surface area (Å²) in [6.07, 6.45) is 0. The molecule has 0 bridgehead atoms. The van der Waals surface area contributed by atoms with Crippen LogP contribution in [0.4, 0.5) is 0 Å². The second-order valence-corrected chi connectivity index (χ2v) is 7.64. The van der Waals surface area contributed by atoms with Gasteiger partial charge in [0.05, 0.1) is 24.3 Å². The monoisotopic (exact) mass is 450 g/mol. The zero-order chi connectivity index (χ0) is 23.9. The van der Waals surface area contributed by atoms with E-state index in [1.54, 1.807) is 19.9 Å². The van der Waals surface area contributed by atoms with Crippen molar-refractivity contribution in [2.75, 3.05) is 13.2 Å². The molecule has 4 nitrogen and oxygen atoms in total. The minimum atomic E-state index is -0.439. The molecule has 4 aromatic rings. The van der Waals surface area contributed by atoms with Gasteiger partial charge in [-0.2, -0.15) is 0 Å². The normalized spacial score (nSPS) is 10.5. The van der Waals surface area contributed by atoms with Gasteiger partial charge in [-0.05, 0) is 42.2 Å². The zero-order valence-electron chi connectivity index (χ0n) is 19.3. The van der Waals surface area contributed by atoms with Crippen molar-refractivity contribution in [1.82, 2.24) is 0 Å². The number of hydrogen-bond acceptors (Lipinski definition) is 4. The van der Waals surface area contributed by atoms with Gasteiger partial charge in [0.1, 0.15) is 0 Å². The highest BCUT2D eigenvalue weighted by atomic mass is 16.5. The Labute approximate surface area is 199 Å². The molecule has 0 N–H and O–H groups in total. The summed E-state index contributed by atoms with van der Waals surface area (Å²) in [5, 5.41) is 0. The Balaban J connectivity index is 2.20. The maximum atomic E-state index is 13.5. The molecule has 0 atom stereocenters. The van der Waals surface area contributed by atoms with Gasteiger partial charge in [0.2, 0.25) is 0 Å². The van der Waals surface area contributed by atoms with Gasteiger partial charge in [0, 0.05) is 11.1 Å². The molecule has 0 unspecified atom stereocenters. The molecule has 170 valence electrons. The summed E-state index contributed by atoms with van der Waals surface area (Å²) in [4.78, 5) is 26.8. The fourth-order valence-corrected chi connectivity index (χ4v) is 4.11. The summed E-state index contributed by atoms with van der Waals surface area (Å²) >= 11 is 0. The molecule has 0 aliphatic carbocycles. The van der Waals surface area contributed by atoms with Gasteiger partial charge in [-0.25, -0.2) is 9.59 Å². The van der Waals surface area contributed by atoms with Crippen LogP contribution in [0.3, 0.4) is 0 Å². The molecule has 0 saturated heterocycles. The van der Waals surface area contributed by atoms with Gasteiger partial charge in [0.15, 0.2) is 0 Å². The molecule has 4 aromatic carbocycles. The maximum absolute atomic E-state index is 13.5. The van der Waals surface area contributed by atoms with E-state index in [0.29, 0.717) is 27.8 Å². The van der Waals surface area contributed by atoms with Gasteiger partial charge in [-0.3, -0.25) is 0 Å². The third-order valence-corrected chi connectivity index (χ3v) is 5.51. The van der Waals surface area contributed by atoms with Crippen molar-refractivity contribution in [3.05, 3.63) is 108 Å². The number of hydrogen-bond donors (Lipinski definition) is 0. The Morgan fingerprint density at radius 3 is 1.53 bits per heavy atom. The molecule has 0 fully saturated rings. The highest BCUT2D eigenvalue weighted by molar-refractivity contribution is 6.13. The lowest BCUT2D eigenvalue weighted by atomic mass is 9.82. The van der Waals surface area contributed by atoms with Crippen LogP contribution in [0.15, 0.2) is 97.1 Å². The van der Waals surface area contributed by atoms with E-state index in [4.69, 9.17) is 9.47 Å². The average molecular weight is 451 g/mol. The predicted molar refractivity (Wildman–Crippen MR) is 135 cm³/mol. The van der Waals surface area contributed by atoms with E-state index in [1.807, 2.05) is 91.0 Å². The number of esters is 2. The summed E-state index contributed by atoms with van der Waals surface area (Å²) in [5.74, 6) is -0.876. The summed E-state index contributed by atoms with van der Waals surface area (Å²) in [6, 6.07) is 30.6. The molecule has 0 heterocycles. The minimum Gasteiger partial charge on any atom is -0.462 e. The van der Waals surface area contributed by atoms with E-state index < -0.39 is 11.9 Å². The number of carbonyl (C=O) groups excluding carboxylic acids is 2. The van der Waals surface area contributed by atoms with Gasteiger partial charge in [-0.15, -0.1) is 0 Å². The third kappa shape index (κ3) is 4.62. The van der Waals surface area contributed by atoms with Crippen LogP contribution >= 0.6 is 0 Å². The summed E-state index contributed by atoms with van der Waals surface area (Å²) in [6.45, 7) is 4.05. The lowest BCUT2D eigenvalue weighted by Gasteiger charge is -2.22. The summed E-state index contributed by atoms with van der Waals surface area (Å²) < 4.78 is 11.0. The smallest absolute Gasteiger partial charge is 0.339 e. The minimum absolute atomic E-state index is 0.238. The second-order valence-electron chi connectivity index (χ2n) is 7.64. The molecule has 34 heavy (non-hydrogen) atoms. The largest absolute Gasteiger partial charge is 0.462 e. The molecule has 0 aliphatic rings. The van der Waals surface area contributed by atoms with E-state index in [1.165, 1.54) is 0 Å². The SMILES string of the molecule is CCOC(=O)c1cc(-c2ccccc2)c(C(=O)OCC)c(-c2ccccc2)c1-c1ccccc1. The molecular formula is C30H26O4. The summed E-state index contributed by atoms with van der Waals surface area (Å²) in [7, 11) is 0. The number of ether oxygens (including phenoxy) is 2. The van der Waals surface area contributed by atoms with Crippen LogP contribution in [-0.2, 0) is 9.47 Å². The Morgan fingerprint density at radius 1 is 0.588 bits per heavy atom. The fourth-order valence-electron chi connectivity index (χ4n) is 4.11. The molecule has 0 aromatic heterocycles. The van der Waals surface area contributed by atoms with Crippen molar-refractivity contribution >= 4 is 11.9 Å². The van der Waals surface area contributed by atoms with E-state index >= 15 is 0 Å². The second kappa shape index (κ2) is 10.6. The van der Waals surface area contributed by atoms with Crippen molar-refractivity contribution in [3.8, 4) is 33.4 Å².